The highest BCUT2D eigenvalue weighted by atomic mass is 16.3. The third kappa shape index (κ3) is 5.44. The molecule has 0 amide bonds. The summed E-state index contributed by atoms with van der Waals surface area (Å²) < 4.78 is 8.62. The lowest BCUT2D eigenvalue weighted by Crippen LogP contribution is -2.07. The van der Waals surface area contributed by atoms with Gasteiger partial charge in [0.25, 0.3) is 0 Å². The summed E-state index contributed by atoms with van der Waals surface area (Å²) in [5.74, 6) is 1.77. The van der Waals surface area contributed by atoms with E-state index in [4.69, 9.17) is 19.4 Å². The smallest absolute Gasteiger partial charge is 0.238 e. The molecule has 56 heavy (non-hydrogen) atoms. The normalized spacial score (nSPS) is 11.4. The molecule has 3 aromatic heterocycles. The fourth-order valence-corrected chi connectivity index (χ4v) is 8.01. The van der Waals surface area contributed by atoms with Gasteiger partial charge in [0.1, 0.15) is 11.2 Å². The molecule has 0 N–H and O–H groups in total. The molecule has 0 aliphatic carbocycles. The van der Waals surface area contributed by atoms with Crippen LogP contribution in [0.15, 0.2) is 186 Å². The Balaban J connectivity index is 0.00000189. The lowest BCUT2D eigenvalue weighted by atomic mass is 9.96. The van der Waals surface area contributed by atoms with Crippen molar-refractivity contribution in [2.24, 2.45) is 0 Å². The Morgan fingerprint density at radius 3 is 1.71 bits per heavy atom. The molecule has 0 spiro atoms. The fraction of sp³-hybridized carbons (Fsp3) is 0.0392. The van der Waals surface area contributed by atoms with Crippen LogP contribution in [-0.4, -0.2) is 19.5 Å². The molecule has 0 saturated carbocycles. The van der Waals surface area contributed by atoms with Crippen LogP contribution in [0.25, 0.3) is 105 Å². The Kier molecular flexibility index (Phi) is 8.19. The van der Waals surface area contributed by atoms with E-state index in [9.17, 15) is 0 Å². The first-order valence-corrected chi connectivity index (χ1v) is 19.1. The maximum absolute atomic E-state index is 6.38. The average molecular weight is 721 g/mol. The van der Waals surface area contributed by atoms with Crippen LogP contribution in [0, 0.1) is 0 Å². The van der Waals surface area contributed by atoms with E-state index in [-0.39, 0.29) is 0 Å². The van der Waals surface area contributed by atoms with Crippen molar-refractivity contribution in [3.05, 3.63) is 182 Å². The summed E-state index contributed by atoms with van der Waals surface area (Å²) in [7, 11) is 0. The van der Waals surface area contributed by atoms with E-state index >= 15 is 0 Å². The van der Waals surface area contributed by atoms with E-state index in [2.05, 4.69) is 150 Å². The molecule has 0 atom stereocenters. The first-order chi connectivity index (χ1) is 27.8. The molecule has 0 fully saturated rings. The van der Waals surface area contributed by atoms with Crippen molar-refractivity contribution >= 4 is 54.5 Å². The molecule has 11 aromatic rings. The van der Waals surface area contributed by atoms with E-state index in [0.717, 1.165) is 77.1 Å². The summed E-state index contributed by atoms with van der Waals surface area (Å²) in [5.41, 5.74) is 10.1. The number of rotatable bonds is 5. The minimum absolute atomic E-state index is 0.554. The fourth-order valence-electron chi connectivity index (χ4n) is 8.01. The number of hydrogen-bond donors (Lipinski definition) is 0. The van der Waals surface area contributed by atoms with Crippen molar-refractivity contribution < 1.29 is 4.42 Å². The SMILES string of the molecule is CC.c1ccc(-c2ccc(-c3nc(-c4ccccc4)nc(-n4c5ccc6ccccc6c5c5cccc(-c6cccc7oc8ccccc8c67)c54)n3)cc2)cc1. The van der Waals surface area contributed by atoms with Gasteiger partial charge in [0, 0.05) is 38.2 Å². The number of para-hydroxylation sites is 2. The minimum Gasteiger partial charge on any atom is -0.456 e. The second-order valence-corrected chi connectivity index (χ2v) is 13.6. The van der Waals surface area contributed by atoms with E-state index in [1.54, 1.807) is 0 Å². The Hall–Kier alpha value is -7.37. The van der Waals surface area contributed by atoms with E-state index < -0.39 is 0 Å². The molecule has 3 heterocycles. The molecule has 0 aliphatic rings. The van der Waals surface area contributed by atoms with Crippen LogP contribution in [0.1, 0.15) is 13.8 Å². The van der Waals surface area contributed by atoms with E-state index in [0.29, 0.717) is 17.6 Å². The average Bonchev–Trinajstić information content (AvgIpc) is 3.84. The van der Waals surface area contributed by atoms with Crippen LogP contribution < -0.4 is 0 Å². The van der Waals surface area contributed by atoms with Crippen molar-refractivity contribution in [2.45, 2.75) is 13.8 Å². The zero-order chi connectivity index (χ0) is 37.6. The first kappa shape index (κ1) is 33.2. The van der Waals surface area contributed by atoms with Gasteiger partial charge in [0.2, 0.25) is 5.95 Å². The molecule has 11 rings (SSSR count). The minimum atomic E-state index is 0.554. The first-order valence-electron chi connectivity index (χ1n) is 19.1. The summed E-state index contributed by atoms with van der Waals surface area (Å²) >= 11 is 0. The van der Waals surface area contributed by atoms with E-state index in [1.807, 2.05) is 50.2 Å². The largest absolute Gasteiger partial charge is 0.456 e. The van der Waals surface area contributed by atoms with Crippen molar-refractivity contribution in [3.63, 3.8) is 0 Å². The second kappa shape index (κ2) is 13.8. The predicted octanol–water partition coefficient (Wildman–Crippen LogP) is 13.7. The van der Waals surface area contributed by atoms with Crippen molar-refractivity contribution in [3.8, 4) is 51.0 Å². The van der Waals surface area contributed by atoms with Gasteiger partial charge < -0.3 is 4.42 Å². The zero-order valence-electron chi connectivity index (χ0n) is 31.0. The number of aromatic nitrogens is 4. The van der Waals surface area contributed by atoms with Crippen LogP contribution >= 0.6 is 0 Å². The van der Waals surface area contributed by atoms with E-state index in [1.165, 1.54) is 10.8 Å². The van der Waals surface area contributed by atoms with Gasteiger partial charge in [-0.15, -0.1) is 0 Å². The second-order valence-electron chi connectivity index (χ2n) is 13.6. The lowest BCUT2D eigenvalue weighted by Gasteiger charge is -2.13. The zero-order valence-corrected chi connectivity index (χ0v) is 31.0. The highest BCUT2D eigenvalue weighted by Gasteiger charge is 2.23. The molecular weight excluding hydrogens is 685 g/mol. The van der Waals surface area contributed by atoms with Gasteiger partial charge in [-0.2, -0.15) is 9.97 Å². The Bertz CT molecular complexity index is 3200. The predicted molar refractivity (Wildman–Crippen MR) is 232 cm³/mol. The van der Waals surface area contributed by atoms with Crippen molar-refractivity contribution in [2.75, 3.05) is 0 Å². The lowest BCUT2D eigenvalue weighted by molar-refractivity contribution is 0.669. The van der Waals surface area contributed by atoms with Crippen LogP contribution in [0.5, 0.6) is 0 Å². The molecule has 0 aliphatic heterocycles. The monoisotopic (exact) mass is 720 g/mol. The Morgan fingerprint density at radius 1 is 0.393 bits per heavy atom. The maximum atomic E-state index is 6.38. The van der Waals surface area contributed by atoms with Crippen LogP contribution in [0.3, 0.4) is 0 Å². The van der Waals surface area contributed by atoms with Gasteiger partial charge >= 0.3 is 0 Å². The summed E-state index contributed by atoms with van der Waals surface area (Å²) in [5, 5.41) is 6.81. The third-order valence-corrected chi connectivity index (χ3v) is 10.5. The highest BCUT2D eigenvalue weighted by Crippen LogP contribution is 2.44. The number of benzene rings is 8. The summed E-state index contributed by atoms with van der Waals surface area (Å²) in [4.78, 5) is 15.7. The molecule has 0 saturated heterocycles. The molecule has 0 bridgehead atoms. The van der Waals surface area contributed by atoms with Crippen molar-refractivity contribution in [1.29, 1.82) is 0 Å². The van der Waals surface area contributed by atoms with Gasteiger partial charge in [0.05, 0.1) is 11.0 Å². The summed E-state index contributed by atoms with van der Waals surface area (Å²) in [6.07, 6.45) is 0. The van der Waals surface area contributed by atoms with Gasteiger partial charge in [-0.1, -0.05) is 178 Å². The standard InChI is InChI=1S/C49H30N4O.C2H6/c1-3-13-31(14-4-1)32-25-27-35(28-26-32)48-50-47(34-16-5-2-6-17-34)51-49(52-48)53-41-30-29-33-15-7-8-18-36(33)44(41)40-22-11-21-38(46(40)53)37-20-12-24-43-45(37)39-19-9-10-23-42(39)54-43;1-2/h1-30H;1-2H3. The highest BCUT2D eigenvalue weighted by molar-refractivity contribution is 6.25. The molecule has 0 radical (unpaired) electrons. The van der Waals surface area contributed by atoms with Crippen LogP contribution in [0.4, 0.5) is 0 Å². The number of fused-ring (bicyclic) bond motifs is 8. The van der Waals surface area contributed by atoms with Crippen molar-refractivity contribution in [1.82, 2.24) is 19.5 Å². The molecular formula is C51H36N4O. The molecule has 8 aromatic carbocycles. The topological polar surface area (TPSA) is 56.7 Å². The molecule has 0 unspecified atom stereocenters. The number of furan rings is 1. The van der Waals surface area contributed by atoms with Gasteiger partial charge in [0.15, 0.2) is 11.6 Å². The van der Waals surface area contributed by atoms with Crippen LogP contribution in [0.2, 0.25) is 0 Å². The summed E-state index contributed by atoms with van der Waals surface area (Å²) in [6, 6.07) is 63.2. The number of nitrogens with zero attached hydrogens (tertiary/aromatic N) is 4. The van der Waals surface area contributed by atoms with Crippen LogP contribution in [-0.2, 0) is 0 Å². The van der Waals surface area contributed by atoms with Gasteiger partial charge in [-0.05, 0) is 45.7 Å². The quantitative estimate of drug-likeness (QED) is 0.178. The third-order valence-electron chi connectivity index (χ3n) is 10.5. The molecule has 266 valence electrons. The Morgan fingerprint density at radius 2 is 0.946 bits per heavy atom. The Labute approximate surface area is 324 Å². The van der Waals surface area contributed by atoms with Gasteiger partial charge in [-0.3, -0.25) is 4.57 Å². The molecule has 5 heteroatoms. The summed E-state index contributed by atoms with van der Waals surface area (Å²) in [6.45, 7) is 4.00. The molecule has 5 nitrogen and oxygen atoms in total. The maximum Gasteiger partial charge on any atom is 0.238 e. The van der Waals surface area contributed by atoms with Gasteiger partial charge in [-0.25, -0.2) is 4.98 Å². The number of hydrogen-bond acceptors (Lipinski definition) is 4.